The van der Waals surface area contributed by atoms with E-state index in [1.54, 1.807) is 6.20 Å². The molecule has 88 valence electrons. The molecule has 4 nitrogen and oxygen atoms in total. The molecule has 0 radical (unpaired) electrons. The molecule has 1 aromatic rings. The highest BCUT2D eigenvalue weighted by Crippen LogP contribution is 2.12. The van der Waals surface area contributed by atoms with Crippen molar-refractivity contribution in [3.8, 4) is 0 Å². The molecule has 1 atom stereocenters. The second-order valence-corrected chi connectivity index (χ2v) is 4.28. The molecule has 16 heavy (non-hydrogen) atoms. The van der Waals surface area contributed by atoms with Crippen LogP contribution in [0.3, 0.4) is 0 Å². The number of thiocarbonyl (C=S) groups is 1. The van der Waals surface area contributed by atoms with E-state index in [1.165, 1.54) is 0 Å². The number of hydrogen-bond donors (Lipinski definition) is 1. The summed E-state index contributed by atoms with van der Waals surface area (Å²) in [6.07, 6.45) is 1.77. The first-order valence-electron chi connectivity index (χ1n) is 5.38. The van der Waals surface area contributed by atoms with Crippen LogP contribution in [0.1, 0.15) is 19.7 Å². The fourth-order valence-corrected chi connectivity index (χ4v) is 1.50. The Balaban J connectivity index is 2.78. The first-order chi connectivity index (χ1) is 7.54. The van der Waals surface area contributed by atoms with Gasteiger partial charge in [0, 0.05) is 25.2 Å². The van der Waals surface area contributed by atoms with Gasteiger partial charge in [0.2, 0.25) is 0 Å². The number of nitrogens with zero attached hydrogens (tertiary/aromatic N) is 3. The van der Waals surface area contributed by atoms with Gasteiger partial charge in [-0.05, 0) is 19.9 Å². The summed E-state index contributed by atoms with van der Waals surface area (Å²) < 4.78 is 0. The van der Waals surface area contributed by atoms with E-state index in [0.717, 1.165) is 24.7 Å². The van der Waals surface area contributed by atoms with E-state index in [-0.39, 0.29) is 5.92 Å². The highest BCUT2D eigenvalue weighted by atomic mass is 32.1. The van der Waals surface area contributed by atoms with Crippen molar-refractivity contribution >= 4 is 23.0 Å². The van der Waals surface area contributed by atoms with Crippen LogP contribution in [-0.4, -0.2) is 28.0 Å². The van der Waals surface area contributed by atoms with Crippen LogP contribution in [0.25, 0.3) is 0 Å². The Bertz CT molecular complexity index is 367. The summed E-state index contributed by atoms with van der Waals surface area (Å²) >= 11 is 4.98. The van der Waals surface area contributed by atoms with Crippen molar-refractivity contribution in [2.75, 3.05) is 18.0 Å². The Hall–Kier alpha value is -1.23. The minimum Gasteiger partial charge on any atom is -0.393 e. The molecule has 5 heteroatoms. The molecule has 0 saturated carbocycles. The molecule has 0 aliphatic carbocycles. The molecule has 0 aromatic carbocycles. The largest absolute Gasteiger partial charge is 0.393 e. The van der Waals surface area contributed by atoms with Crippen LogP contribution >= 0.6 is 12.2 Å². The monoisotopic (exact) mass is 238 g/mol. The van der Waals surface area contributed by atoms with E-state index in [1.807, 2.05) is 19.9 Å². The third-order valence-corrected chi connectivity index (χ3v) is 2.85. The average molecular weight is 238 g/mol. The van der Waals surface area contributed by atoms with Crippen LogP contribution in [-0.2, 0) is 0 Å². The Kier molecular flexibility index (Phi) is 4.61. The normalized spacial score (nSPS) is 12.2. The van der Waals surface area contributed by atoms with Crippen LogP contribution in [0.4, 0.5) is 5.82 Å². The molecule has 0 aliphatic rings. The first kappa shape index (κ1) is 12.8. The second-order valence-electron chi connectivity index (χ2n) is 3.80. The molecule has 1 rings (SSSR count). The van der Waals surface area contributed by atoms with Gasteiger partial charge in [0.25, 0.3) is 0 Å². The summed E-state index contributed by atoms with van der Waals surface area (Å²) in [7, 11) is 0. The summed E-state index contributed by atoms with van der Waals surface area (Å²) in [6, 6.07) is 1.91. The predicted molar refractivity (Wildman–Crippen MR) is 70.6 cm³/mol. The maximum atomic E-state index is 5.62. The van der Waals surface area contributed by atoms with Crippen molar-refractivity contribution < 1.29 is 0 Å². The van der Waals surface area contributed by atoms with E-state index < -0.39 is 0 Å². The van der Waals surface area contributed by atoms with Crippen molar-refractivity contribution in [3.63, 3.8) is 0 Å². The van der Waals surface area contributed by atoms with Crippen LogP contribution in [0.15, 0.2) is 12.3 Å². The van der Waals surface area contributed by atoms with Crippen LogP contribution in [0, 0.1) is 12.8 Å². The molecule has 0 saturated heterocycles. The quantitative estimate of drug-likeness (QED) is 0.788. The van der Waals surface area contributed by atoms with Gasteiger partial charge in [0.15, 0.2) is 0 Å². The Morgan fingerprint density at radius 3 is 2.81 bits per heavy atom. The molecule has 1 aromatic heterocycles. The van der Waals surface area contributed by atoms with Crippen molar-refractivity contribution in [2.45, 2.75) is 20.8 Å². The van der Waals surface area contributed by atoms with Gasteiger partial charge in [0.05, 0.1) is 4.99 Å². The maximum Gasteiger partial charge on any atom is 0.132 e. The van der Waals surface area contributed by atoms with Crippen LogP contribution in [0.5, 0.6) is 0 Å². The Morgan fingerprint density at radius 1 is 1.62 bits per heavy atom. The lowest BCUT2D eigenvalue weighted by Gasteiger charge is -2.25. The molecule has 0 fully saturated rings. The SMILES string of the molecule is CCN(CC(C)C(N)=S)c1ccnc(C)n1. The lowest BCUT2D eigenvalue weighted by molar-refractivity contribution is 0.697. The summed E-state index contributed by atoms with van der Waals surface area (Å²) in [5.41, 5.74) is 5.62. The van der Waals surface area contributed by atoms with E-state index in [4.69, 9.17) is 18.0 Å². The minimum atomic E-state index is 0.185. The standard InChI is InChI=1S/C11H18N4S/c1-4-15(7-8(2)11(12)16)10-5-6-13-9(3)14-10/h5-6,8H,4,7H2,1-3H3,(H2,12,16). The van der Waals surface area contributed by atoms with Gasteiger partial charge in [0.1, 0.15) is 11.6 Å². The number of aromatic nitrogens is 2. The van der Waals surface area contributed by atoms with Gasteiger partial charge < -0.3 is 10.6 Å². The third kappa shape index (κ3) is 3.41. The lowest BCUT2D eigenvalue weighted by Crippen LogP contribution is -2.34. The zero-order valence-electron chi connectivity index (χ0n) is 9.97. The highest BCUT2D eigenvalue weighted by Gasteiger charge is 2.12. The van der Waals surface area contributed by atoms with E-state index in [9.17, 15) is 0 Å². The molecule has 0 bridgehead atoms. The highest BCUT2D eigenvalue weighted by molar-refractivity contribution is 7.80. The van der Waals surface area contributed by atoms with Gasteiger partial charge in [-0.1, -0.05) is 19.1 Å². The first-order valence-corrected chi connectivity index (χ1v) is 5.79. The molecule has 0 spiro atoms. The van der Waals surface area contributed by atoms with Crippen molar-refractivity contribution in [3.05, 3.63) is 18.1 Å². The summed E-state index contributed by atoms with van der Waals surface area (Å²) in [5, 5.41) is 0. The molecule has 2 N–H and O–H groups in total. The van der Waals surface area contributed by atoms with Crippen LogP contribution in [0.2, 0.25) is 0 Å². The summed E-state index contributed by atoms with van der Waals surface area (Å²) in [6.45, 7) is 7.67. The fraction of sp³-hybridized carbons (Fsp3) is 0.545. The number of hydrogen-bond acceptors (Lipinski definition) is 4. The Labute approximate surface area is 102 Å². The fourth-order valence-electron chi connectivity index (χ4n) is 1.43. The van der Waals surface area contributed by atoms with Gasteiger partial charge >= 0.3 is 0 Å². The van der Waals surface area contributed by atoms with Crippen LogP contribution < -0.4 is 10.6 Å². The molecule has 0 amide bonds. The predicted octanol–water partition coefficient (Wildman–Crippen LogP) is 1.53. The van der Waals surface area contributed by atoms with Gasteiger partial charge in [-0.2, -0.15) is 0 Å². The Morgan fingerprint density at radius 2 is 2.31 bits per heavy atom. The zero-order chi connectivity index (χ0) is 12.1. The molecule has 1 unspecified atom stereocenters. The maximum absolute atomic E-state index is 5.62. The molecular formula is C11H18N4S. The number of aryl methyl sites for hydroxylation is 1. The number of rotatable bonds is 5. The van der Waals surface area contributed by atoms with Gasteiger partial charge in [-0.15, -0.1) is 0 Å². The van der Waals surface area contributed by atoms with Crippen molar-refractivity contribution in [1.29, 1.82) is 0 Å². The second kappa shape index (κ2) is 5.75. The minimum absolute atomic E-state index is 0.185. The van der Waals surface area contributed by atoms with Gasteiger partial charge in [-0.25, -0.2) is 9.97 Å². The van der Waals surface area contributed by atoms with E-state index in [0.29, 0.717) is 4.99 Å². The van der Waals surface area contributed by atoms with E-state index in [2.05, 4.69) is 21.8 Å². The summed E-state index contributed by atoms with van der Waals surface area (Å²) in [4.78, 5) is 11.2. The zero-order valence-corrected chi connectivity index (χ0v) is 10.8. The number of nitrogens with two attached hydrogens (primary N) is 1. The molecule has 1 heterocycles. The van der Waals surface area contributed by atoms with Crippen molar-refractivity contribution in [1.82, 2.24) is 9.97 Å². The summed E-state index contributed by atoms with van der Waals surface area (Å²) in [5.74, 6) is 1.89. The van der Waals surface area contributed by atoms with E-state index >= 15 is 0 Å². The molecular weight excluding hydrogens is 220 g/mol. The third-order valence-electron chi connectivity index (χ3n) is 2.45. The van der Waals surface area contributed by atoms with Crippen molar-refractivity contribution in [2.24, 2.45) is 11.7 Å². The average Bonchev–Trinajstić information content (AvgIpc) is 2.25. The topological polar surface area (TPSA) is 55.0 Å². The number of anilines is 1. The lowest BCUT2D eigenvalue weighted by atomic mass is 10.1. The van der Waals surface area contributed by atoms with Gasteiger partial charge in [-0.3, -0.25) is 0 Å². The molecule has 0 aliphatic heterocycles. The smallest absolute Gasteiger partial charge is 0.132 e.